The molecule has 0 fully saturated rings. The Hall–Kier alpha value is -1.32. The van der Waals surface area contributed by atoms with Crippen LogP contribution in [0.25, 0.3) is 0 Å². The third-order valence-electron chi connectivity index (χ3n) is 2.83. The first kappa shape index (κ1) is 14.1. The lowest BCUT2D eigenvalue weighted by atomic mass is 10.1. The molecule has 1 aromatic heterocycles. The molecule has 19 heavy (non-hydrogen) atoms. The lowest BCUT2D eigenvalue weighted by molar-refractivity contribution is 0.0821. The molecule has 2 rings (SSSR count). The normalized spacial score (nSPS) is 12.2. The highest BCUT2D eigenvalue weighted by atomic mass is 35.5. The number of ketones is 1. The number of halogens is 1. The first-order chi connectivity index (χ1) is 8.97. The van der Waals surface area contributed by atoms with Crippen LogP contribution in [-0.4, -0.2) is 11.9 Å². The number of thiophene rings is 1. The summed E-state index contributed by atoms with van der Waals surface area (Å²) in [5.41, 5.74) is 2.13. The third-order valence-corrected chi connectivity index (χ3v) is 4.08. The first-order valence-corrected chi connectivity index (χ1v) is 7.20. The van der Waals surface area contributed by atoms with E-state index >= 15 is 0 Å². The van der Waals surface area contributed by atoms with E-state index in [-0.39, 0.29) is 5.78 Å². The van der Waals surface area contributed by atoms with Crippen molar-refractivity contribution in [2.75, 3.05) is 0 Å². The molecule has 1 unspecified atom stereocenters. The van der Waals surface area contributed by atoms with Crippen LogP contribution in [0.5, 0.6) is 5.75 Å². The second-order valence-electron chi connectivity index (χ2n) is 4.50. The Bertz CT molecular complexity index is 604. The average molecular weight is 295 g/mol. The number of rotatable bonds is 4. The highest BCUT2D eigenvalue weighted by Crippen LogP contribution is 2.25. The molecule has 0 aliphatic heterocycles. The number of carbonyl (C=O) groups excluding carboxylic acids is 1. The van der Waals surface area contributed by atoms with Gasteiger partial charge in [-0.2, -0.15) is 0 Å². The fourth-order valence-electron chi connectivity index (χ4n) is 1.73. The van der Waals surface area contributed by atoms with Gasteiger partial charge in [0.2, 0.25) is 5.78 Å². The number of hydrogen-bond acceptors (Lipinski definition) is 3. The van der Waals surface area contributed by atoms with Gasteiger partial charge < -0.3 is 4.74 Å². The number of benzene rings is 1. The van der Waals surface area contributed by atoms with Crippen LogP contribution < -0.4 is 4.74 Å². The fourth-order valence-corrected chi connectivity index (χ4v) is 2.79. The van der Waals surface area contributed by atoms with Crippen LogP contribution in [0.1, 0.15) is 27.7 Å². The monoisotopic (exact) mass is 294 g/mol. The largest absolute Gasteiger partial charge is 0.482 e. The molecule has 100 valence electrons. The number of aryl methyl sites for hydroxylation is 2. The van der Waals surface area contributed by atoms with Crippen LogP contribution in [0, 0.1) is 13.8 Å². The van der Waals surface area contributed by atoms with Gasteiger partial charge in [0.15, 0.2) is 6.10 Å². The Kier molecular flexibility index (Phi) is 4.27. The molecule has 0 radical (unpaired) electrons. The van der Waals surface area contributed by atoms with Crippen LogP contribution in [0.3, 0.4) is 0 Å². The molecule has 0 saturated carbocycles. The predicted molar refractivity (Wildman–Crippen MR) is 79.7 cm³/mol. The van der Waals surface area contributed by atoms with Gasteiger partial charge >= 0.3 is 0 Å². The van der Waals surface area contributed by atoms with E-state index < -0.39 is 6.10 Å². The molecule has 0 aliphatic rings. The van der Waals surface area contributed by atoms with Crippen molar-refractivity contribution in [2.45, 2.75) is 26.9 Å². The standard InChI is InChI=1S/C15H15ClO2S/c1-9-4-5-10(2)12(8-9)18-11(3)15(17)13-6-7-14(16)19-13/h4-8,11H,1-3H3. The van der Waals surface area contributed by atoms with E-state index in [1.54, 1.807) is 19.1 Å². The highest BCUT2D eigenvalue weighted by molar-refractivity contribution is 7.18. The maximum absolute atomic E-state index is 12.2. The van der Waals surface area contributed by atoms with E-state index in [0.717, 1.165) is 16.9 Å². The van der Waals surface area contributed by atoms with Crippen LogP contribution in [-0.2, 0) is 0 Å². The van der Waals surface area contributed by atoms with E-state index in [0.29, 0.717) is 9.21 Å². The summed E-state index contributed by atoms with van der Waals surface area (Å²) in [6.07, 6.45) is -0.518. The highest BCUT2D eigenvalue weighted by Gasteiger charge is 2.19. The number of carbonyl (C=O) groups is 1. The molecule has 0 N–H and O–H groups in total. The summed E-state index contributed by atoms with van der Waals surface area (Å²) in [4.78, 5) is 12.8. The van der Waals surface area contributed by atoms with Crippen LogP contribution in [0.15, 0.2) is 30.3 Å². The van der Waals surface area contributed by atoms with Crippen molar-refractivity contribution in [2.24, 2.45) is 0 Å². The van der Waals surface area contributed by atoms with Crippen molar-refractivity contribution < 1.29 is 9.53 Å². The van der Waals surface area contributed by atoms with E-state index in [1.807, 2.05) is 32.0 Å². The maximum atomic E-state index is 12.2. The predicted octanol–water partition coefficient (Wildman–Crippen LogP) is 4.67. The molecule has 0 amide bonds. The summed E-state index contributed by atoms with van der Waals surface area (Å²) in [7, 11) is 0. The minimum atomic E-state index is -0.518. The molecule has 4 heteroatoms. The van der Waals surface area contributed by atoms with Crippen LogP contribution in [0.4, 0.5) is 0 Å². The minimum Gasteiger partial charge on any atom is -0.482 e. The zero-order chi connectivity index (χ0) is 14.0. The zero-order valence-corrected chi connectivity index (χ0v) is 12.6. The SMILES string of the molecule is Cc1ccc(C)c(OC(C)C(=O)c2ccc(Cl)s2)c1. The number of Topliss-reactive ketones (excluding diaryl/α,β-unsaturated/α-hetero) is 1. The van der Waals surface area contributed by atoms with Crippen molar-refractivity contribution >= 4 is 28.7 Å². The lowest BCUT2D eigenvalue weighted by Gasteiger charge is -2.15. The van der Waals surface area contributed by atoms with Gasteiger partial charge in [0.25, 0.3) is 0 Å². The van der Waals surface area contributed by atoms with E-state index in [1.165, 1.54) is 11.3 Å². The lowest BCUT2D eigenvalue weighted by Crippen LogP contribution is -2.23. The summed E-state index contributed by atoms with van der Waals surface area (Å²) >= 11 is 7.12. The molecular formula is C15H15ClO2S. The Labute approximate surface area is 122 Å². The van der Waals surface area contributed by atoms with Crippen molar-refractivity contribution in [3.05, 3.63) is 50.7 Å². The Morgan fingerprint density at radius 1 is 1.26 bits per heavy atom. The first-order valence-electron chi connectivity index (χ1n) is 6.01. The quantitative estimate of drug-likeness (QED) is 0.766. The topological polar surface area (TPSA) is 26.3 Å². The van der Waals surface area contributed by atoms with Gasteiger partial charge in [-0.05, 0) is 50.1 Å². The van der Waals surface area contributed by atoms with Gasteiger partial charge in [-0.15, -0.1) is 11.3 Å². The smallest absolute Gasteiger partial charge is 0.212 e. The molecule has 1 atom stereocenters. The van der Waals surface area contributed by atoms with Crippen molar-refractivity contribution in [1.29, 1.82) is 0 Å². The molecule has 2 nitrogen and oxygen atoms in total. The van der Waals surface area contributed by atoms with E-state index in [9.17, 15) is 4.79 Å². The number of hydrogen-bond donors (Lipinski definition) is 0. The average Bonchev–Trinajstić information content (AvgIpc) is 2.79. The van der Waals surface area contributed by atoms with Crippen molar-refractivity contribution in [3.8, 4) is 5.75 Å². The Balaban J connectivity index is 2.14. The van der Waals surface area contributed by atoms with Gasteiger partial charge in [0.05, 0.1) is 9.21 Å². The molecule has 1 aromatic carbocycles. The summed E-state index contributed by atoms with van der Waals surface area (Å²) in [6.45, 7) is 5.73. The van der Waals surface area contributed by atoms with Crippen LogP contribution >= 0.6 is 22.9 Å². The second kappa shape index (κ2) is 5.76. The molecule has 0 spiro atoms. The fraction of sp³-hybridized carbons (Fsp3) is 0.267. The molecule has 0 aliphatic carbocycles. The van der Waals surface area contributed by atoms with Gasteiger partial charge in [-0.25, -0.2) is 0 Å². The third kappa shape index (κ3) is 3.37. The zero-order valence-electron chi connectivity index (χ0n) is 11.1. The molecule has 0 saturated heterocycles. The molecular weight excluding hydrogens is 280 g/mol. The van der Waals surface area contributed by atoms with Gasteiger partial charge in [0.1, 0.15) is 5.75 Å². The van der Waals surface area contributed by atoms with Crippen LogP contribution in [0.2, 0.25) is 4.34 Å². The summed E-state index contributed by atoms with van der Waals surface area (Å²) < 4.78 is 6.38. The summed E-state index contributed by atoms with van der Waals surface area (Å²) in [6, 6.07) is 9.42. The van der Waals surface area contributed by atoms with Gasteiger partial charge in [-0.3, -0.25) is 4.79 Å². The Morgan fingerprint density at radius 3 is 2.63 bits per heavy atom. The maximum Gasteiger partial charge on any atom is 0.212 e. The summed E-state index contributed by atoms with van der Waals surface area (Å²) in [5.74, 6) is 0.710. The molecule has 1 heterocycles. The van der Waals surface area contributed by atoms with E-state index in [4.69, 9.17) is 16.3 Å². The molecule has 0 bridgehead atoms. The second-order valence-corrected chi connectivity index (χ2v) is 6.21. The summed E-state index contributed by atoms with van der Waals surface area (Å²) in [5, 5.41) is 0. The molecule has 2 aromatic rings. The van der Waals surface area contributed by atoms with Gasteiger partial charge in [0, 0.05) is 0 Å². The minimum absolute atomic E-state index is 0.0437. The number of ether oxygens (including phenoxy) is 1. The van der Waals surface area contributed by atoms with Crippen molar-refractivity contribution in [1.82, 2.24) is 0 Å². The van der Waals surface area contributed by atoms with Gasteiger partial charge in [-0.1, -0.05) is 23.7 Å². The van der Waals surface area contributed by atoms with Crippen molar-refractivity contribution in [3.63, 3.8) is 0 Å². The Morgan fingerprint density at radius 2 is 2.00 bits per heavy atom. The van der Waals surface area contributed by atoms with E-state index in [2.05, 4.69) is 0 Å².